The molecule has 0 radical (unpaired) electrons. The Balaban J connectivity index is 1.59. The number of benzene rings is 1. The highest BCUT2D eigenvalue weighted by atomic mass is 35.5. The lowest BCUT2D eigenvalue weighted by Gasteiger charge is -2.32. The van der Waals surface area contributed by atoms with E-state index in [1.54, 1.807) is 12.7 Å². The molecule has 7 heteroatoms. The maximum atomic E-state index is 12.3. The highest BCUT2D eigenvalue weighted by Gasteiger charge is 2.24. The van der Waals surface area contributed by atoms with Crippen LogP contribution < -0.4 is 5.32 Å². The summed E-state index contributed by atoms with van der Waals surface area (Å²) in [6.07, 6.45) is 5.02. The fraction of sp³-hybridized carbons (Fsp3) is 0.400. The van der Waals surface area contributed by atoms with Gasteiger partial charge in [-0.15, -0.1) is 0 Å². The summed E-state index contributed by atoms with van der Waals surface area (Å²) >= 11 is 6.22. The number of anilines is 1. The largest absolute Gasteiger partial charge is 0.324 e. The minimum Gasteiger partial charge on any atom is -0.324 e. The van der Waals surface area contributed by atoms with E-state index in [9.17, 15) is 4.79 Å². The third-order valence-electron chi connectivity index (χ3n) is 4.00. The van der Waals surface area contributed by atoms with Gasteiger partial charge in [0.2, 0.25) is 0 Å². The fourth-order valence-corrected chi connectivity index (χ4v) is 2.85. The van der Waals surface area contributed by atoms with Crippen molar-refractivity contribution < 1.29 is 4.79 Å². The topological polar surface area (TPSA) is 63.1 Å². The van der Waals surface area contributed by atoms with E-state index in [2.05, 4.69) is 15.4 Å². The molecule has 1 N–H and O–H groups in total. The standard InChI is InChI=1S/C15H18ClN5O/c1-11-3-2-4-13(14(11)16)19-15(22)20-7-5-12(6-8-20)21-10-17-9-18-21/h2-4,9-10,12H,5-8H2,1H3,(H,19,22). The van der Waals surface area contributed by atoms with E-state index in [-0.39, 0.29) is 6.03 Å². The van der Waals surface area contributed by atoms with Crippen LogP contribution in [0.15, 0.2) is 30.9 Å². The smallest absolute Gasteiger partial charge is 0.321 e. The number of amides is 2. The van der Waals surface area contributed by atoms with Crippen LogP contribution in [0.3, 0.4) is 0 Å². The molecule has 6 nitrogen and oxygen atoms in total. The van der Waals surface area contributed by atoms with Gasteiger partial charge in [-0.05, 0) is 31.4 Å². The highest BCUT2D eigenvalue weighted by Crippen LogP contribution is 2.26. The molecular formula is C15H18ClN5O. The zero-order valence-electron chi connectivity index (χ0n) is 12.4. The van der Waals surface area contributed by atoms with Gasteiger partial charge in [-0.1, -0.05) is 23.7 Å². The summed E-state index contributed by atoms with van der Waals surface area (Å²) in [5.41, 5.74) is 1.61. The first-order valence-electron chi connectivity index (χ1n) is 7.30. The van der Waals surface area contributed by atoms with Crippen LogP contribution in [0.1, 0.15) is 24.4 Å². The molecule has 1 aliphatic heterocycles. The number of urea groups is 1. The van der Waals surface area contributed by atoms with Gasteiger partial charge in [-0.2, -0.15) is 5.10 Å². The number of nitrogens with one attached hydrogen (secondary N) is 1. The van der Waals surface area contributed by atoms with Crippen molar-refractivity contribution in [1.82, 2.24) is 19.7 Å². The predicted molar refractivity (Wildman–Crippen MR) is 85.1 cm³/mol. The molecule has 0 unspecified atom stereocenters. The van der Waals surface area contributed by atoms with Gasteiger partial charge in [-0.3, -0.25) is 0 Å². The van der Waals surface area contributed by atoms with Gasteiger partial charge in [0.1, 0.15) is 12.7 Å². The Kier molecular flexibility index (Phi) is 4.29. The third-order valence-corrected chi connectivity index (χ3v) is 4.50. The van der Waals surface area contributed by atoms with E-state index in [1.165, 1.54) is 0 Å². The van der Waals surface area contributed by atoms with Crippen molar-refractivity contribution in [1.29, 1.82) is 0 Å². The van der Waals surface area contributed by atoms with Gasteiger partial charge in [0.25, 0.3) is 0 Å². The lowest BCUT2D eigenvalue weighted by atomic mass is 10.1. The van der Waals surface area contributed by atoms with Crippen LogP contribution in [0, 0.1) is 6.92 Å². The molecule has 2 aromatic rings. The van der Waals surface area contributed by atoms with Crippen LogP contribution in [0.2, 0.25) is 5.02 Å². The predicted octanol–water partition coefficient (Wildman–Crippen LogP) is 3.11. The number of nitrogens with zero attached hydrogens (tertiary/aromatic N) is 4. The number of likely N-dealkylation sites (tertiary alicyclic amines) is 1. The van der Waals surface area contributed by atoms with Gasteiger partial charge >= 0.3 is 6.03 Å². The molecule has 1 aromatic heterocycles. The number of piperidine rings is 1. The minimum absolute atomic E-state index is 0.107. The summed E-state index contributed by atoms with van der Waals surface area (Å²) in [6, 6.07) is 5.82. The number of aromatic nitrogens is 3. The first kappa shape index (κ1) is 14.8. The molecular weight excluding hydrogens is 302 g/mol. The molecule has 1 aliphatic rings. The molecule has 0 spiro atoms. The Morgan fingerprint density at radius 2 is 2.14 bits per heavy atom. The van der Waals surface area contributed by atoms with Crippen molar-refractivity contribution in [2.45, 2.75) is 25.8 Å². The van der Waals surface area contributed by atoms with Gasteiger partial charge in [0, 0.05) is 13.1 Å². The molecule has 1 aromatic carbocycles. The van der Waals surface area contributed by atoms with Gasteiger partial charge in [-0.25, -0.2) is 14.5 Å². The van der Waals surface area contributed by atoms with Crippen molar-refractivity contribution in [2.75, 3.05) is 18.4 Å². The highest BCUT2D eigenvalue weighted by molar-refractivity contribution is 6.34. The van der Waals surface area contributed by atoms with Crippen molar-refractivity contribution in [3.63, 3.8) is 0 Å². The Morgan fingerprint density at radius 1 is 1.36 bits per heavy atom. The second-order valence-corrected chi connectivity index (χ2v) is 5.84. The average Bonchev–Trinajstić information content (AvgIpc) is 3.06. The maximum absolute atomic E-state index is 12.3. The SMILES string of the molecule is Cc1cccc(NC(=O)N2CCC(n3cncn3)CC2)c1Cl. The van der Waals surface area contributed by atoms with Gasteiger partial charge in [0.15, 0.2) is 0 Å². The first-order valence-corrected chi connectivity index (χ1v) is 7.68. The van der Waals surface area contributed by atoms with Crippen molar-refractivity contribution >= 4 is 23.3 Å². The van der Waals surface area contributed by atoms with E-state index in [0.717, 1.165) is 18.4 Å². The second-order valence-electron chi connectivity index (χ2n) is 5.46. The molecule has 116 valence electrons. The zero-order valence-corrected chi connectivity index (χ0v) is 13.1. The Morgan fingerprint density at radius 3 is 2.82 bits per heavy atom. The van der Waals surface area contributed by atoms with Gasteiger partial charge in [0.05, 0.1) is 16.8 Å². The second kappa shape index (κ2) is 6.36. The number of aryl methyl sites for hydroxylation is 1. The van der Waals surface area contributed by atoms with E-state index in [1.807, 2.05) is 34.7 Å². The summed E-state index contributed by atoms with van der Waals surface area (Å²) < 4.78 is 1.87. The van der Waals surface area contributed by atoms with Crippen LogP contribution in [-0.2, 0) is 0 Å². The zero-order chi connectivity index (χ0) is 15.5. The lowest BCUT2D eigenvalue weighted by molar-refractivity contribution is 0.180. The fourth-order valence-electron chi connectivity index (χ4n) is 2.68. The van der Waals surface area contributed by atoms with Crippen LogP contribution in [0.4, 0.5) is 10.5 Å². The molecule has 0 bridgehead atoms. The normalized spacial score (nSPS) is 15.8. The molecule has 0 aliphatic carbocycles. The van der Waals surface area contributed by atoms with Crippen LogP contribution in [-0.4, -0.2) is 38.8 Å². The lowest BCUT2D eigenvalue weighted by Crippen LogP contribution is -2.41. The average molecular weight is 320 g/mol. The molecule has 3 rings (SSSR count). The number of hydrogen-bond acceptors (Lipinski definition) is 3. The van der Waals surface area contributed by atoms with Crippen LogP contribution in [0.25, 0.3) is 0 Å². The van der Waals surface area contributed by atoms with Crippen molar-refractivity contribution in [2.24, 2.45) is 0 Å². The van der Waals surface area contributed by atoms with Crippen molar-refractivity contribution in [3.05, 3.63) is 41.4 Å². The van der Waals surface area contributed by atoms with E-state index in [0.29, 0.717) is 29.8 Å². The molecule has 1 fully saturated rings. The summed E-state index contributed by atoms with van der Waals surface area (Å²) in [4.78, 5) is 18.1. The molecule has 2 heterocycles. The molecule has 2 amide bonds. The Hall–Kier alpha value is -2.08. The molecule has 1 saturated heterocycles. The number of carbonyl (C=O) groups is 1. The summed E-state index contributed by atoms with van der Waals surface area (Å²) in [7, 11) is 0. The van der Waals surface area contributed by atoms with E-state index in [4.69, 9.17) is 11.6 Å². The Bertz CT molecular complexity index is 650. The number of rotatable bonds is 2. The van der Waals surface area contributed by atoms with E-state index >= 15 is 0 Å². The minimum atomic E-state index is -0.107. The quantitative estimate of drug-likeness (QED) is 0.925. The first-order chi connectivity index (χ1) is 10.6. The monoisotopic (exact) mass is 319 g/mol. The summed E-state index contributed by atoms with van der Waals surface area (Å²) in [5.74, 6) is 0. The third kappa shape index (κ3) is 3.06. The molecule has 22 heavy (non-hydrogen) atoms. The number of carbonyl (C=O) groups excluding carboxylic acids is 1. The summed E-state index contributed by atoms with van der Waals surface area (Å²) in [5, 5.41) is 7.65. The van der Waals surface area contributed by atoms with Crippen LogP contribution >= 0.6 is 11.6 Å². The molecule has 0 atom stereocenters. The van der Waals surface area contributed by atoms with Gasteiger partial charge < -0.3 is 10.2 Å². The van der Waals surface area contributed by atoms with E-state index < -0.39 is 0 Å². The van der Waals surface area contributed by atoms with Crippen molar-refractivity contribution in [3.8, 4) is 0 Å². The van der Waals surface area contributed by atoms with Crippen LogP contribution in [0.5, 0.6) is 0 Å². The summed E-state index contributed by atoms with van der Waals surface area (Å²) in [6.45, 7) is 3.31. The number of hydrogen-bond donors (Lipinski definition) is 1. The molecule has 0 saturated carbocycles. The maximum Gasteiger partial charge on any atom is 0.321 e. The Labute approximate surface area is 134 Å². The number of halogens is 1.